The van der Waals surface area contributed by atoms with Crippen LogP contribution in [0, 0.1) is 6.92 Å². The Morgan fingerprint density at radius 1 is 1.12 bits per heavy atom. The fraction of sp³-hybridized carbons (Fsp3) is 0.278. The Morgan fingerprint density at radius 3 is 2.42 bits per heavy atom. The van der Waals surface area contributed by atoms with Gasteiger partial charge in [0, 0.05) is 12.6 Å². The van der Waals surface area contributed by atoms with E-state index in [2.05, 4.69) is 10.0 Å². The number of amides is 1. The van der Waals surface area contributed by atoms with E-state index in [4.69, 9.17) is 0 Å². The molecule has 0 fully saturated rings. The van der Waals surface area contributed by atoms with Crippen molar-refractivity contribution < 1.29 is 13.2 Å². The highest BCUT2D eigenvalue weighted by molar-refractivity contribution is 7.92. The van der Waals surface area contributed by atoms with Crippen molar-refractivity contribution in [3.63, 3.8) is 0 Å². The molecule has 1 unspecified atom stereocenters. The molecule has 2 aromatic rings. The zero-order valence-electron chi connectivity index (χ0n) is 14.0. The van der Waals surface area contributed by atoms with E-state index in [0.717, 1.165) is 11.1 Å². The number of anilines is 2. The number of nitrogens with one attached hydrogen (secondary N) is 2. The third-order valence-corrected chi connectivity index (χ3v) is 5.15. The molecular formula is C18H22N2O3S. The van der Waals surface area contributed by atoms with Gasteiger partial charge in [-0.25, -0.2) is 8.42 Å². The second kappa shape index (κ2) is 7.49. The first-order chi connectivity index (χ1) is 11.3. The predicted molar refractivity (Wildman–Crippen MR) is 97.7 cm³/mol. The first-order valence-electron chi connectivity index (χ1n) is 7.70. The van der Waals surface area contributed by atoms with Gasteiger partial charge in [-0.05, 0) is 36.1 Å². The molecular weight excluding hydrogens is 324 g/mol. The average Bonchev–Trinajstić information content (AvgIpc) is 2.50. The molecule has 0 saturated heterocycles. The summed E-state index contributed by atoms with van der Waals surface area (Å²) in [6.45, 7) is 5.14. The SMILES string of the molecule is CC(=O)Nc1cc(NS(=O)(=O)CC(C)c2ccccc2)ccc1C. The summed E-state index contributed by atoms with van der Waals surface area (Å²) in [5, 5.41) is 2.69. The van der Waals surface area contributed by atoms with Crippen LogP contribution in [0.4, 0.5) is 11.4 Å². The van der Waals surface area contributed by atoms with E-state index in [9.17, 15) is 13.2 Å². The molecule has 0 saturated carbocycles. The van der Waals surface area contributed by atoms with Gasteiger partial charge < -0.3 is 5.32 Å². The lowest BCUT2D eigenvalue weighted by Gasteiger charge is -2.15. The molecule has 0 aliphatic heterocycles. The van der Waals surface area contributed by atoms with Gasteiger partial charge in [-0.2, -0.15) is 0 Å². The smallest absolute Gasteiger partial charge is 0.233 e. The van der Waals surface area contributed by atoms with Crippen molar-refractivity contribution in [3.05, 3.63) is 59.7 Å². The van der Waals surface area contributed by atoms with Gasteiger partial charge >= 0.3 is 0 Å². The van der Waals surface area contributed by atoms with Crippen LogP contribution in [0.1, 0.15) is 30.9 Å². The molecule has 0 heterocycles. The van der Waals surface area contributed by atoms with Crippen molar-refractivity contribution in [2.45, 2.75) is 26.7 Å². The van der Waals surface area contributed by atoms with E-state index in [1.807, 2.05) is 44.2 Å². The molecule has 5 nitrogen and oxygen atoms in total. The average molecular weight is 346 g/mol. The summed E-state index contributed by atoms with van der Waals surface area (Å²) in [5.41, 5.74) is 2.87. The number of carbonyl (C=O) groups is 1. The molecule has 1 atom stereocenters. The first-order valence-corrected chi connectivity index (χ1v) is 9.36. The Kier molecular flexibility index (Phi) is 5.62. The highest BCUT2D eigenvalue weighted by Gasteiger charge is 2.17. The van der Waals surface area contributed by atoms with Crippen LogP contribution < -0.4 is 10.0 Å². The van der Waals surface area contributed by atoms with Crippen molar-refractivity contribution in [1.29, 1.82) is 0 Å². The van der Waals surface area contributed by atoms with Crippen LogP contribution >= 0.6 is 0 Å². The summed E-state index contributed by atoms with van der Waals surface area (Å²) in [4.78, 5) is 11.2. The Hall–Kier alpha value is -2.34. The lowest BCUT2D eigenvalue weighted by molar-refractivity contribution is -0.114. The Bertz CT molecular complexity index is 817. The van der Waals surface area contributed by atoms with Crippen LogP contribution in [0.15, 0.2) is 48.5 Å². The van der Waals surface area contributed by atoms with Crippen molar-refractivity contribution in [3.8, 4) is 0 Å². The number of benzene rings is 2. The number of rotatable bonds is 6. The molecule has 2 N–H and O–H groups in total. The van der Waals surface area contributed by atoms with Crippen LogP contribution in [0.2, 0.25) is 0 Å². The van der Waals surface area contributed by atoms with Crippen LogP contribution in [-0.2, 0) is 14.8 Å². The van der Waals surface area contributed by atoms with Crippen molar-refractivity contribution in [2.24, 2.45) is 0 Å². The fourth-order valence-corrected chi connectivity index (χ4v) is 3.86. The minimum atomic E-state index is -3.50. The summed E-state index contributed by atoms with van der Waals surface area (Å²) in [6, 6.07) is 14.6. The van der Waals surface area contributed by atoms with Crippen LogP contribution in [0.25, 0.3) is 0 Å². The lowest BCUT2D eigenvalue weighted by Crippen LogP contribution is -2.20. The molecule has 0 bridgehead atoms. The maximum atomic E-state index is 12.4. The summed E-state index contributed by atoms with van der Waals surface area (Å²) in [7, 11) is -3.50. The van der Waals surface area contributed by atoms with E-state index >= 15 is 0 Å². The lowest BCUT2D eigenvalue weighted by atomic mass is 10.0. The van der Waals surface area contributed by atoms with Crippen molar-refractivity contribution >= 4 is 27.3 Å². The zero-order valence-corrected chi connectivity index (χ0v) is 14.9. The molecule has 0 radical (unpaired) electrons. The molecule has 0 aliphatic carbocycles. The molecule has 128 valence electrons. The second-order valence-corrected chi connectivity index (χ2v) is 7.67. The summed E-state index contributed by atoms with van der Waals surface area (Å²) >= 11 is 0. The van der Waals surface area contributed by atoms with Gasteiger partial charge in [-0.3, -0.25) is 9.52 Å². The van der Waals surface area contributed by atoms with Crippen LogP contribution in [-0.4, -0.2) is 20.1 Å². The van der Waals surface area contributed by atoms with Gasteiger partial charge in [-0.15, -0.1) is 0 Å². The Morgan fingerprint density at radius 2 is 1.79 bits per heavy atom. The summed E-state index contributed by atoms with van der Waals surface area (Å²) < 4.78 is 27.4. The van der Waals surface area contributed by atoms with E-state index < -0.39 is 10.0 Å². The van der Waals surface area contributed by atoms with Crippen molar-refractivity contribution in [1.82, 2.24) is 0 Å². The molecule has 0 aromatic heterocycles. The minimum absolute atomic E-state index is 0.0135. The molecule has 1 amide bonds. The molecule has 0 spiro atoms. The second-order valence-electron chi connectivity index (χ2n) is 5.91. The highest BCUT2D eigenvalue weighted by Crippen LogP contribution is 2.23. The van der Waals surface area contributed by atoms with Gasteiger partial charge in [0.05, 0.1) is 11.4 Å². The third-order valence-electron chi connectivity index (χ3n) is 3.66. The number of carbonyl (C=O) groups excluding carboxylic acids is 1. The van der Waals surface area contributed by atoms with Gasteiger partial charge in [-0.1, -0.05) is 43.3 Å². The summed E-state index contributed by atoms with van der Waals surface area (Å²) in [6.07, 6.45) is 0. The minimum Gasteiger partial charge on any atom is -0.326 e. The van der Waals surface area contributed by atoms with Crippen LogP contribution in [0.3, 0.4) is 0 Å². The monoisotopic (exact) mass is 346 g/mol. The van der Waals surface area contributed by atoms with Gasteiger partial charge in [0.25, 0.3) is 0 Å². The van der Waals surface area contributed by atoms with Crippen molar-refractivity contribution in [2.75, 3.05) is 15.8 Å². The van der Waals surface area contributed by atoms with Gasteiger partial charge in [0.2, 0.25) is 15.9 Å². The molecule has 2 rings (SSSR count). The number of hydrogen-bond donors (Lipinski definition) is 2. The van der Waals surface area contributed by atoms with E-state index in [0.29, 0.717) is 11.4 Å². The van der Waals surface area contributed by atoms with E-state index in [1.165, 1.54) is 6.92 Å². The van der Waals surface area contributed by atoms with Gasteiger partial charge in [0.15, 0.2) is 0 Å². The largest absolute Gasteiger partial charge is 0.326 e. The van der Waals surface area contributed by atoms with Gasteiger partial charge in [0.1, 0.15) is 0 Å². The number of hydrogen-bond acceptors (Lipinski definition) is 3. The molecule has 2 aromatic carbocycles. The topological polar surface area (TPSA) is 75.3 Å². The highest BCUT2D eigenvalue weighted by atomic mass is 32.2. The normalized spacial score (nSPS) is 12.5. The number of sulfonamides is 1. The fourth-order valence-electron chi connectivity index (χ4n) is 2.44. The predicted octanol–water partition coefficient (Wildman–Crippen LogP) is 3.50. The maximum Gasteiger partial charge on any atom is 0.233 e. The van der Waals surface area contributed by atoms with E-state index in [1.54, 1.807) is 18.2 Å². The Balaban J connectivity index is 2.13. The Labute approximate surface area is 143 Å². The quantitative estimate of drug-likeness (QED) is 0.840. The molecule has 6 heteroatoms. The number of aryl methyl sites for hydroxylation is 1. The molecule has 0 aliphatic rings. The summed E-state index contributed by atoms with van der Waals surface area (Å²) in [5.74, 6) is -0.333. The maximum absolute atomic E-state index is 12.4. The third kappa shape index (κ3) is 5.09. The van der Waals surface area contributed by atoms with Crippen LogP contribution in [0.5, 0.6) is 0 Å². The zero-order chi connectivity index (χ0) is 17.7. The molecule has 24 heavy (non-hydrogen) atoms. The van der Waals surface area contributed by atoms with E-state index in [-0.39, 0.29) is 17.6 Å². The first kappa shape index (κ1) is 18.0. The standard InChI is InChI=1S/C18H22N2O3S/c1-13-9-10-17(11-18(13)19-15(3)21)20-24(22,23)12-14(2)16-7-5-4-6-8-16/h4-11,14,20H,12H2,1-3H3,(H,19,21).